The summed E-state index contributed by atoms with van der Waals surface area (Å²) in [7, 11) is 0. The van der Waals surface area contributed by atoms with Crippen molar-refractivity contribution in [2.24, 2.45) is 5.73 Å². The van der Waals surface area contributed by atoms with E-state index in [0.717, 1.165) is 37.5 Å². The molecule has 16 heavy (non-hydrogen) atoms. The lowest BCUT2D eigenvalue weighted by Crippen LogP contribution is -2.47. The Labute approximate surface area is 102 Å². The summed E-state index contributed by atoms with van der Waals surface area (Å²) in [5.41, 5.74) is 7.35. The Bertz CT molecular complexity index is 353. The molecule has 1 fully saturated rings. The molecule has 3 heteroatoms. The Morgan fingerprint density at radius 3 is 2.56 bits per heavy atom. The molecule has 0 saturated carbocycles. The van der Waals surface area contributed by atoms with Crippen LogP contribution < -0.4 is 5.73 Å². The lowest BCUT2D eigenvalue weighted by atomic mass is 9.91. The lowest BCUT2D eigenvalue weighted by molar-refractivity contribution is 0.165. The zero-order chi connectivity index (χ0) is 11.6. The van der Waals surface area contributed by atoms with Gasteiger partial charge in [0, 0.05) is 30.2 Å². The Morgan fingerprint density at radius 1 is 1.31 bits per heavy atom. The normalized spacial score (nSPS) is 20.9. The van der Waals surface area contributed by atoms with Gasteiger partial charge < -0.3 is 5.73 Å². The number of hydrogen-bond acceptors (Lipinski definition) is 2. The predicted molar refractivity (Wildman–Crippen MR) is 68.6 cm³/mol. The summed E-state index contributed by atoms with van der Waals surface area (Å²) in [6.45, 7) is 5.21. The minimum Gasteiger partial charge on any atom is -0.325 e. The number of rotatable bonds is 2. The first-order valence-electron chi connectivity index (χ1n) is 5.81. The van der Waals surface area contributed by atoms with Crippen molar-refractivity contribution in [2.75, 3.05) is 13.1 Å². The van der Waals surface area contributed by atoms with Crippen molar-refractivity contribution in [3.63, 3.8) is 0 Å². The summed E-state index contributed by atoms with van der Waals surface area (Å²) in [6.07, 6.45) is 2.13. The van der Waals surface area contributed by atoms with Crippen LogP contribution in [0.2, 0.25) is 5.02 Å². The lowest BCUT2D eigenvalue weighted by Gasteiger charge is -2.36. The predicted octanol–water partition coefficient (Wildman–Crippen LogP) is 2.65. The van der Waals surface area contributed by atoms with Gasteiger partial charge in [-0.15, -0.1) is 0 Å². The fourth-order valence-electron chi connectivity index (χ4n) is 2.09. The SMILES string of the molecule is CC1(N)CCN(Cc2ccccc2Cl)CC1. The molecule has 1 aromatic carbocycles. The summed E-state index contributed by atoms with van der Waals surface area (Å²) in [5.74, 6) is 0. The standard InChI is InChI=1S/C13H19ClN2/c1-13(15)6-8-16(9-7-13)10-11-4-2-3-5-12(11)14/h2-5H,6-10,15H2,1H3. The number of nitrogens with zero attached hydrogens (tertiary/aromatic N) is 1. The second kappa shape index (κ2) is 4.74. The van der Waals surface area contributed by atoms with Crippen LogP contribution in [0.3, 0.4) is 0 Å². The molecule has 0 spiro atoms. The van der Waals surface area contributed by atoms with Crippen LogP contribution in [0.25, 0.3) is 0 Å². The molecule has 88 valence electrons. The van der Waals surface area contributed by atoms with Crippen molar-refractivity contribution in [1.29, 1.82) is 0 Å². The molecule has 0 bridgehead atoms. The molecule has 1 aliphatic rings. The van der Waals surface area contributed by atoms with Gasteiger partial charge in [-0.05, 0) is 31.4 Å². The van der Waals surface area contributed by atoms with Gasteiger partial charge in [0.15, 0.2) is 0 Å². The van der Waals surface area contributed by atoms with E-state index in [1.807, 2.05) is 18.2 Å². The number of hydrogen-bond donors (Lipinski definition) is 1. The average molecular weight is 239 g/mol. The maximum atomic E-state index is 6.15. The Hall–Kier alpha value is -0.570. The maximum absolute atomic E-state index is 6.15. The molecular weight excluding hydrogens is 220 g/mol. The van der Waals surface area contributed by atoms with Gasteiger partial charge in [0.1, 0.15) is 0 Å². The van der Waals surface area contributed by atoms with Crippen molar-refractivity contribution in [1.82, 2.24) is 4.90 Å². The van der Waals surface area contributed by atoms with Crippen LogP contribution in [0.15, 0.2) is 24.3 Å². The average Bonchev–Trinajstić information content (AvgIpc) is 2.24. The molecular formula is C13H19ClN2. The number of halogens is 1. The quantitative estimate of drug-likeness (QED) is 0.859. The Kier molecular flexibility index (Phi) is 3.53. The van der Waals surface area contributed by atoms with Crippen LogP contribution in [0.4, 0.5) is 0 Å². The van der Waals surface area contributed by atoms with Crippen molar-refractivity contribution < 1.29 is 0 Å². The first kappa shape index (κ1) is 11.9. The first-order chi connectivity index (χ1) is 7.57. The molecule has 2 rings (SSSR count). The van der Waals surface area contributed by atoms with Crippen LogP contribution in [-0.2, 0) is 6.54 Å². The van der Waals surface area contributed by atoms with Gasteiger partial charge >= 0.3 is 0 Å². The third-order valence-corrected chi connectivity index (χ3v) is 3.72. The van der Waals surface area contributed by atoms with Crippen molar-refractivity contribution in [3.8, 4) is 0 Å². The van der Waals surface area contributed by atoms with E-state index in [9.17, 15) is 0 Å². The highest BCUT2D eigenvalue weighted by Crippen LogP contribution is 2.22. The first-order valence-corrected chi connectivity index (χ1v) is 6.19. The monoisotopic (exact) mass is 238 g/mol. The summed E-state index contributed by atoms with van der Waals surface area (Å²) in [6, 6.07) is 8.06. The minimum absolute atomic E-state index is 0.0248. The van der Waals surface area contributed by atoms with Crippen LogP contribution in [0.5, 0.6) is 0 Å². The highest BCUT2D eigenvalue weighted by molar-refractivity contribution is 6.31. The van der Waals surface area contributed by atoms with Crippen LogP contribution in [0.1, 0.15) is 25.3 Å². The summed E-state index contributed by atoms with van der Waals surface area (Å²) in [5, 5.41) is 0.864. The van der Waals surface area contributed by atoms with E-state index in [4.69, 9.17) is 17.3 Å². The summed E-state index contributed by atoms with van der Waals surface area (Å²) in [4.78, 5) is 2.43. The molecule has 2 nitrogen and oxygen atoms in total. The van der Waals surface area contributed by atoms with Crippen molar-refractivity contribution >= 4 is 11.6 Å². The van der Waals surface area contributed by atoms with Crippen LogP contribution in [-0.4, -0.2) is 23.5 Å². The van der Waals surface area contributed by atoms with Crippen LogP contribution in [0, 0.1) is 0 Å². The molecule has 2 N–H and O–H groups in total. The minimum atomic E-state index is 0.0248. The van der Waals surface area contributed by atoms with Gasteiger partial charge in [-0.2, -0.15) is 0 Å². The fraction of sp³-hybridized carbons (Fsp3) is 0.538. The summed E-state index contributed by atoms with van der Waals surface area (Å²) < 4.78 is 0. The van der Waals surface area contributed by atoms with Gasteiger partial charge in [0.25, 0.3) is 0 Å². The molecule has 0 aliphatic carbocycles. The third-order valence-electron chi connectivity index (χ3n) is 3.35. The zero-order valence-electron chi connectivity index (χ0n) is 9.75. The molecule has 0 radical (unpaired) electrons. The second-order valence-corrected chi connectivity index (χ2v) is 5.43. The molecule has 1 saturated heterocycles. The fourth-order valence-corrected chi connectivity index (χ4v) is 2.28. The van der Waals surface area contributed by atoms with Gasteiger partial charge in [0.05, 0.1) is 0 Å². The highest BCUT2D eigenvalue weighted by atomic mass is 35.5. The van der Waals surface area contributed by atoms with E-state index >= 15 is 0 Å². The van der Waals surface area contributed by atoms with Crippen molar-refractivity contribution in [2.45, 2.75) is 31.8 Å². The van der Waals surface area contributed by atoms with E-state index in [2.05, 4.69) is 17.9 Å². The maximum Gasteiger partial charge on any atom is 0.0451 e. The third kappa shape index (κ3) is 2.97. The van der Waals surface area contributed by atoms with Gasteiger partial charge in [-0.1, -0.05) is 29.8 Å². The topological polar surface area (TPSA) is 29.3 Å². The number of nitrogens with two attached hydrogens (primary N) is 1. The Balaban J connectivity index is 1.95. The molecule has 0 atom stereocenters. The van der Waals surface area contributed by atoms with Crippen molar-refractivity contribution in [3.05, 3.63) is 34.9 Å². The largest absolute Gasteiger partial charge is 0.325 e. The summed E-state index contributed by atoms with van der Waals surface area (Å²) >= 11 is 6.15. The van der Waals surface area contributed by atoms with Gasteiger partial charge in [-0.3, -0.25) is 4.90 Å². The van der Waals surface area contributed by atoms with E-state index < -0.39 is 0 Å². The van der Waals surface area contributed by atoms with E-state index in [0.29, 0.717) is 0 Å². The molecule has 1 aliphatic heterocycles. The molecule has 1 heterocycles. The highest BCUT2D eigenvalue weighted by Gasteiger charge is 2.25. The second-order valence-electron chi connectivity index (χ2n) is 5.02. The Morgan fingerprint density at radius 2 is 1.94 bits per heavy atom. The number of benzene rings is 1. The smallest absolute Gasteiger partial charge is 0.0451 e. The van der Waals surface area contributed by atoms with E-state index in [1.165, 1.54) is 5.56 Å². The van der Waals surface area contributed by atoms with Gasteiger partial charge in [-0.25, -0.2) is 0 Å². The molecule has 1 aromatic rings. The van der Waals surface area contributed by atoms with E-state index in [1.54, 1.807) is 0 Å². The molecule has 0 aromatic heterocycles. The van der Waals surface area contributed by atoms with E-state index in [-0.39, 0.29) is 5.54 Å². The number of likely N-dealkylation sites (tertiary alicyclic amines) is 1. The zero-order valence-corrected chi connectivity index (χ0v) is 10.5. The van der Waals surface area contributed by atoms with Gasteiger partial charge in [0.2, 0.25) is 0 Å². The molecule has 0 unspecified atom stereocenters. The number of piperidine rings is 1. The molecule has 0 amide bonds. The van der Waals surface area contributed by atoms with Crippen LogP contribution >= 0.6 is 11.6 Å².